The molecule has 0 aliphatic heterocycles. The minimum Gasteiger partial charge on any atom is -0.350 e. The molecule has 1 rings (SSSR count). The number of hydrogen-bond acceptors (Lipinski definition) is 4. The van der Waals surface area contributed by atoms with Crippen molar-refractivity contribution < 1.29 is 32.2 Å². The average molecular weight is 341 g/mol. The van der Waals surface area contributed by atoms with Crippen molar-refractivity contribution in [1.29, 1.82) is 0 Å². The maximum absolute atomic E-state index is 12.0. The van der Waals surface area contributed by atoms with Crippen molar-refractivity contribution in [3.63, 3.8) is 0 Å². The number of nitrogens with one attached hydrogen (secondary N) is 1. The van der Waals surface area contributed by atoms with E-state index in [0.717, 1.165) is 5.56 Å². The van der Waals surface area contributed by atoms with E-state index < -0.39 is 30.4 Å². The fourth-order valence-electron chi connectivity index (χ4n) is 1.37. The zero-order chi connectivity index (χ0) is 15.8. The molecule has 0 aliphatic rings. The van der Waals surface area contributed by atoms with Gasteiger partial charge < -0.3 is 19.2 Å². The molecule has 2 unspecified atom stereocenters. The highest BCUT2D eigenvalue weighted by atomic mass is 32.2. The van der Waals surface area contributed by atoms with Crippen LogP contribution in [0.15, 0.2) is 29.2 Å². The van der Waals surface area contributed by atoms with Crippen LogP contribution in [0.2, 0.25) is 0 Å². The summed E-state index contributed by atoms with van der Waals surface area (Å²) in [6.45, 7) is 1.73. The molecule has 2 atom stereocenters. The van der Waals surface area contributed by atoms with E-state index >= 15 is 0 Å². The van der Waals surface area contributed by atoms with Crippen LogP contribution in [0.1, 0.15) is 5.56 Å². The van der Waals surface area contributed by atoms with Gasteiger partial charge in [-0.25, -0.2) is 8.42 Å². The van der Waals surface area contributed by atoms with Gasteiger partial charge in [0, 0.05) is 0 Å². The van der Waals surface area contributed by atoms with Gasteiger partial charge in [0.25, 0.3) is 0 Å². The summed E-state index contributed by atoms with van der Waals surface area (Å²) in [5.41, 5.74) is -1.58. The molecule has 8 nitrogen and oxygen atoms in total. The van der Waals surface area contributed by atoms with Crippen molar-refractivity contribution in [2.24, 2.45) is 0 Å². The lowest BCUT2D eigenvalue weighted by atomic mass is 10.2. The lowest BCUT2D eigenvalue weighted by molar-refractivity contribution is 0.361. The first kappa shape index (κ1) is 17.6. The average Bonchev–Trinajstić information content (AvgIpc) is 2.23. The highest BCUT2D eigenvalue weighted by molar-refractivity contribution is 7.94. The third-order valence-corrected chi connectivity index (χ3v) is 8.14. The van der Waals surface area contributed by atoms with E-state index in [4.69, 9.17) is 9.79 Å². The minimum atomic E-state index is -5.13. The van der Waals surface area contributed by atoms with E-state index in [1.54, 1.807) is 11.6 Å². The quantitative estimate of drug-likeness (QED) is 0.420. The predicted molar refractivity (Wildman–Crippen MR) is 75.7 cm³/mol. The molecule has 0 spiro atoms. The first-order valence-electron chi connectivity index (χ1n) is 5.28. The maximum atomic E-state index is 12.0. The van der Waals surface area contributed by atoms with Gasteiger partial charge in [0.05, 0.1) is 4.90 Å². The zero-order valence-electron chi connectivity index (χ0n) is 10.7. The van der Waals surface area contributed by atoms with Crippen LogP contribution in [-0.2, 0) is 19.2 Å². The Morgan fingerprint density at radius 3 is 1.95 bits per heavy atom. The van der Waals surface area contributed by atoms with Crippen molar-refractivity contribution in [2.45, 2.75) is 17.3 Å². The summed E-state index contributed by atoms with van der Waals surface area (Å²) in [7, 11) is -13.1. The predicted octanol–water partition coefficient (Wildman–Crippen LogP) is -0.447. The fourth-order valence-corrected chi connectivity index (χ4v) is 6.67. The molecule has 0 saturated carbocycles. The topological polar surface area (TPSA) is 141 Å². The van der Waals surface area contributed by atoms with Crippen LogP contribution < -0.4 is 4.72 Å². The number of aryl methyl sites for hydroxylation is 1. The molecule has 20 heavy (non-hydrogen) atoms. The fraction of sp³-hybridized carbons (Fsp3) is 0.250. The molecule has 112 valence electrons. The van der Waals surface area contributed by atoms with Gasteiger partial charge in [-0.3, -0.25) is 4.57 Å². The summed E-state index contributed by atoms with van der Waals surface area (Å²) >= 11 is 0. The second kappa shape index (κ2) is 5.73. The van der Waals surface area contributed by atoms with Crippen LogP contribution in [-0.4, -0.2) is 36.2 Å². The second-order valence-electron chi connectivity index (χ2n) is 4.34. The van der Waals surface area contributed by atoms with Gasteiger partial charge >= 0.3 is 7.60 Å². The number of sulfonamides is 1. The van der Waals surface area contributed by atoms with E-state index in [9.17, 15) is 22.4 Å². The van der Waals surface area contributed by atoms with Crippen molar-refractivity contribution in [1.82, 2.24) is 4.72 Å². The van der Waals surface area contributed by atoms with E-state index in [-0.39, 0.29) is 4.90 Å². The Hall–Kier alpha value is -0.465. The van der Waals surface area contributed by atoms with Gasteiger partial charge in [-0.05, 0) is 19.1 Å². The molecule has 0 heterocycles. The molecule has 0 bridgehead atoms. The van der Waals surface area contributed by atoms with Gasteiger partial charge in [-0.15, -0.1) is 0 Å². The van der Waals surface area contributed by atoms with E-state index in [0.29, 0.717) is 7.57 Å². The van der Waals surface area contributed by atoms with Crippen molar-refractivity contribution in [2.75, 3.05) is 0 Å². The Morgan fingerprint density at radius 2 is 1.60 bits per heavy atom. The summed E-state index contributed by atoms with van der Waals surface area (Å²) in [6.07, 6.45) is 0. The molecule has 1 aromatic carbocycles. The van der Waals surface area contributed by atoms with Crippen LogP contribution in [0.5, 0.6) is 0 Å². The van der Waals surface area contributed by atoms with Crippen LogP contribution in [0.3, 0.4) is 0 Å². The van der Waals surface area contributed by atoms with Crippen LogP contribution >= 0.6 is 14.8 Å². The van der Waals surface area contributed by atoms with Crippen molar-refractivity contribution in [3.05, 3.63) is 29.8 Å². The molecule has 4 N–H and O–H groups in total. The SMILES string of the molecule is BP(=O)(O)C(NS(=O)(=O)c1ccc(C)cc1)P(=O)(O)O. The Bertz CT molecular complexity index is 655. The molecule has 0 fully saturated rings. The number of hydrogen-bond donors (Lipinski definition) is 4. The second-order valence-corrected chi connectivity index (χ2v) is 10.6. The smallest absolute Gasteiger partial charge is 0.350 e. The Kier molecular flexibility index (Phi) is 5.04. The van der Waals surface area contributed by atoms with Gasteiger partial charge in [0.1, 0.15) is 0 Å². The molecule has 0 aliphatic carbocycles. The molecule has 0 aromatic heterocycles. The van der Waals surface area contributed by atoms with Gasteiger partial charge in [0.2, 0.25) is 17.6 Å². The minimum absolute atomic E-state index is 0.255. The van der Waals surface area contributed by atoms with Crippen LogP contribution in [0.4, 0.5) is 0 Å². The molecular weight excluding hydrogens is 327 g/mol. The Morgan fingerprint density at radius 1 is 1.15 bits per heavy atom. The lowest BCUT2D eigenvalue weighted by Gasteiger charge is -2.22. The van der Waals surface area contributed by atoms with Crippen molar-refractivity contribution in [3.8, 4) is 0 Å². The van der Waals surface area contributed by atoms with Crippen molar-refractivity contribution >= 4 is 32.4 Å². The summed E-state index contributed by atoms with van der Waals surface area (Å²) in [5, 5.41) is 0. The largest absolute Gasteiger partial charge is 0.352 e. The van der Waals surface area contributed by atoms with Crippen LogP contribution in [0, 0.1) is 6.92 Å². The third-order valence-electron chi connectivity index (χ3n) is 2.36. The van der Waals surface area contributed by atoms with E-state index in [1.807, 2.05) is 0 Å². The molecule has 0 amide bonds. The first-order chi connectivity index (χ1) is 8.84. The van der Waals surface area contributed by atoms with Gasteiger partial charge in [0.15, 0.2) is 12.8 Å². The lowest BCUT2D eigenvalue weighted by Crippen LogP contribution is -2.34. The number of rotatable bonds is 5. The molecular formula is C8H14BNO7P2S. The first-order valence-corrected chi connectivity index (χ1v) is 10.6. The normalized spacial score (nSPS) is 17.4. The van der Waals surface area contributed by atoms with Gasteiger partial charge in [-0.2, -0.15) is 4.72 Å². The molecule has 12 heteroatoms. The molecule has 0 saturated heterocycles. The zero-order valence-corrected chi connectivity index (χ0v) is 13.3. The molecule has 0 radical (unpaired) electrons. The van der Waals surface area contributed by atoms with E-state index in [1.165, 1.54) is 24.3 Å². The maximum Gasteiger partial charge on any atom is 0.352 e. The Labute approximate surface area is 117 Å². The van der Waals surface area contributed by atoms with Crippen LogP contribution in [0.25, 0.3) is 0 Å². The van der Waals surface area contributed by atoms with Gasteiger partial charge in [-0.1, -0.05) is 17.7 Å². The summed E-state index contributed by atoms with van der Waals surface area (Å²) in [5.74, 6) is 0. The summed E-state index contributed by atoms with van der Waals surface area (Å²) in [4.78, 5) is 27.1. The number of benzene rings is 1. The highest BCUT2D eigenvalue weighted by Gasteiger charge is 2.43. The summed E-state index contributed by atoms with van der Waals surface area (Å²) in [6, 6.07) is 5.44. The third kappa shape index (κ3) is 4.53. The highest BCUT2D eigenvalue weighted by Crippen LogP contribution is 2.58. The molecule has 1 aromatic rings. The summed E-state index contributed by atoms with van der Waals surface area (Å²) < 4.78 is 48.2. The monoisotopic (exact) mass is 341 g/mol. The Balaban J connectivity index is 3.20. The standard InChI is InChI=1S/C8H14BNO7P2S/c1-6-2-4-7(5-3-6)20(16,17)10-8(18(9,11)12)19(13,14)15/h2-5,8,10H,9H2,1H3,(H,11,12)(H2,13,14,15). The van der Waals surface area contributed by atoms with E-state index in [2.05, 4.69) is 0 Å².